The molecule has 0 heterocycles. The van der Waals surface area contributed by atoms with Crippen LogP contribution in [0.3, 0.4) is 0 Å². The van der Waals surface area contributed by atoms with Gasteiger partial charge in [-0.15, -0.1) is 0 Å². The molecule has 0 radical (unpaired) electrons. The maximum Gasteiger partial charge on any atom is 1.00 e. The third-order valence-corrected chi connectivity index (χ3v) is 1.70. The van der Waals surface area contributed by atoms with Crippen LogP contribution in [-0.4, -0.2) is 19.2 Å². The van der Waals surface area contributed by atoms with E-state index in [9.17, 15) is 9.90 Å². The van der Waals surface area contributed by atoms with Gasteiger partial charge in [-0.05, 0) is 31.2 Å². The van der Waals surface area contributed by atoms with Gasteiger partial charge in [-0.1, -0.05) is 0 Å². The molecule has 0 spiro atoms. The summed E-state index contributed by atoms with van der Waals surface area (Å²) in [4.78, 5) is 10.4. The molecule has 0 aliphatic carbocycles. The molecule has 4 nitrogen and oxygen atoms in total. The average Bonchev–Trinajstić information content (AvgIpc) is 2.19. The second kappa shape index (κ2) is 6.71. The summed E-state index contributed by atoms with van der Waals surface area (Å²) in [5, 5.41) is 10.4. The van der Waals surface area contributed by atoms with Crippen LogP contribution >= 0.6 is 0 Å². The first-order valence-electron chi connectivity index (χ1n) is 4.15. The molecule has 15 heavy (non-hydrogen) atoms. The molecule has 0 aliphatic heterocycles. The Balaban J connectivity index is 0.00000196. The molecule has 0 aliphatic rings. The standard InChI is InChI=1S/C10H12O4.Na/c1-7(10(11)12)14-9-5-3-8(13-2)4-6-9;/h3-7H,1-2H3,(H,11,12);/q;+1/p-1/t7-;/m1./s1. The van der Waals surface area contributed by atoms with Crippen LogP contribution in [0.25, 0.3) is 0 Å². The summed E-state index contributed by atoms with van der Waals surface area (Å²) in [6.45, 7) is 1.42. The number of methoxy groups -OCH3 is 1. The van der Waals surface area contributed by atoms with Crippen LogP contribution in [-0.2, 0) is 4.79 Å². The Bertz CT molecular complexity index is 310. The zero-order valence-electron chi connectivity index (χ0n) is 9.02. The number of rotatable bonds is 4. The number of ether oxygens (including phenoxy) is 2. The summed E-state index contributed by atoms with van der Waals surface area (Å²) in [7, 11) is 1.56. The SMILES string of the molecule is COc1ccc(O[C@H](C)C(=O)[O-])cc1.[Na+]. The Kier molecular flexibility index (Phi) is 6.40. The van der Waals surface area contributed by atoms with E-state index in [0.29, 0.717) is 11.5 Å². The van der Waals surface area contributed by atoms with E-state index in [0.717, 1.165) is 0 Å². The molecule has 0 unspecified atom stereocenters. The molecule has 0 N–H and O–H groups in total. The average molecular weight is 218 g/mol. The number of hydrogen-bond donors (Lipinski definition) is 0. The minimum Gasteiger partial charge on any atom is -0.546 e. The van der Waals surface area contributed by atoms with E-state index in [2.05, 4.69) is 0 Å². The molecule has 0 amide bonds. The molecular formula is C10H11NaO4. The van der Waals surface area contributed by atoms with E-state index in [4.69, 9.17) is 9.47 Å². The Morgan fingerprint density at radius 2 is 1.73 bits per heavy atom. The predicted octanol–water partition coefficient (Wildman–Crippen LogP) is -2.78. The first-order valence-corrected chi connectivity index (χ1v) is 4.15. The van der Waals surface area contributed by atoms with Gasteiger partial charge in [0.05, 0.1) is 13.1 Å². The van der Waals surface area contributed by atoms with Gasteiger partial charge in [0.15, 0.2) is 0 Å². The largest absolute Gasteiger partial charge is 1.00 e. The van der Waals surface area contributed by atoms with Crippen molar-refractivity contribution < 1.29 is 48.9 Å². The summed E-state index contributed by atoms with van der Waals surface area (Å²) < 4.78 is 10.00. The number of benzene rings is 1. The van der Waals surface area contributed by atoms with Gasteiger partial charge in [0.1, 0.15) is 17.6 Å². The fourth-order valence-corrected chi connectivity index (χ4v) is 0.907. The zero-order chi connectivity index (χ0) is 10.6. The summed E-state index contributed by atoms with van der Waals surface area (Å²) in [6.07, 6.45) is -0.955. The molecule has 0 saturated heterocycles. The van der Waals surface area contributed by atoms with Crippen LogP contribution in [0.2, 0.25) is 0 Å². The van der Waals surface area contributed by atoms with Gasteiger partial charge in [-0.2, -0.15) is 0 Å². The summed E-state index contributed by atoms with van der Waals surface area (Å²) >= 11 is 0. The van der Waals surface area contributed by atoms with Crippen molar-refractivity contribution in [2.75, 3.05) is 7.11 Å². The third kappa shape index (κ3) is 4.55. The summed E-state index contributed by atoms with van der Waals surface area (Å²) in [5.74, 6) is -0.0678. The molecule has 0 fully saturated rings. The second-order valence-electron chi connectivity index (χ2n) is 2.75. The van der Waals surface area contributed by atoms with Gasteiger partial charge in [0, 0.05) is 0 Å². The van der Waals surface area contributed by atoms with E-state index >= 15 is 0 Å². The fourth-order valence-electron chi connectivity index (χ4n) is 0.907. The number of carbonyl (C=O) groups excluding carboxylic acids is 1. The van der Waals surface area contributed by atoms with E-state index in [1.807, 2.05) is 0 Å². The zero-order valence-corrected chi connectivity index (χ0v) is 11.0. The molecule has 0 saturated carbocycles. The quantitative estimate of drug-likeness (QED) is 0.513. The topological polar surface area (TPSA) is 58.6 Å². The van der Waals surface area contributed by atoms with Crippen molar-refractivity contribution in [2.24, 2.45) is 0 Å². The predicted molar refractivity (Wildman–Crippen MR) is 48.1 cm³/mol. The van der Waals surface area contributed by atoms with E-state index < -0.39 is 12.1 Å². The number of aliphatic carboxylic acids is 1. The van der Waals surface area contributed by atoms with Gasteiger partial charge in [0.2, 0.25) is 0 Å². The van der Waals surface area contributed by atoms with Crippen molar-refractivity contribution in [3.8, 4) is 11.5 Å². The molecule has 1 rings (SSSR count). The van der Waals surface area contributed by atoms with Crippen LogP contribution in [0.4, 0.5) is 0 Å². The smallest absolute Gasteiger partial charge is 0.546 e. The van der Waals surface area contributed by atoms with Crippen molar-refractivity contribution in [2.45, 2.75) is 13.0 Å². The minimum atomic E-state index is -1.24. The molecule has 0 bridgehead atoms. The van der Waals surface area contributed by atoms with Crippen molar-refractivity contribution in [3.63, 3.8) is 0 Å². The van der Waals surface area contributed by atoms with Crippen LogP contribution in [0.1, 0.15) is 6.92 Å². The number of carboxylic acids is 1. The van der Waals surface area contributed by atoms with Gasteiger partial charge in [0.25, 0.3) is 0 Å². The van der Waals surface area contributed by atoms with Crippen molar-refractivity contribution in [1.82, 2.24) is 0 Å². The van der Waals surface area contributed by atoms with Crippen LogP contribution in [0.5, 0.6) is 11.5 Å². The normalized spacial score (nSPS) is 11.1. The molecular weight excluding hydrogens is 207 g/mol. The summed E-state index contributed by atoms with van der Waals surface area (Å²) in [5.41, 5.74) is 0. The van der Waals surface area contributed by atoms with Crippen LogP contribution in [0, 0.1) is 0 Å². The van der Waals surface area contributed by atoms with Gasteiger partial charge in [-0.3, -0.25) is 0 Å². The molecule has 0 aromatic heterocycles. The van der Waals surface area contributed by atoms with Crippen molar-refractivity contribution in [3.05, 3.63) is 24.3 Å². The van der Waals surface area contributed by atoms with Crippen LogP contribution in [0.15, 0.2) is 24.3 Å². The first kappa shape index (κ1) is 14.3. The molecule has 5 heteroatoms. The van der Waals surface area contributed by atoms with Gasteiger partial charge in [-0.25, -0.2) is 0 Å². The van der Waals surface area contributed by atoms with E-state index in [-0.39, 0.29) is 29.6 Å². The molecule has 1 aromatic carbocycles. The number of hydrogen-bond acceptors (Lipinski definition) is 4. The van der Waals surface area contributed by atoms with Gasteiger partial charge < -0.3 is 19.4 Å². The summed E-state index contributed by atoms with van der Waals surface area (Å²) in [6, 6.07) is 6.66. The Hall–Kier alpha value is -0.710. The molecule has 1 aromatic rings. The maximum atomic E-state index is 10.4. The fraction of sp³-hybridized carbons (Fsp3) is 0.300. The molecule has 76 valence electrons. The monoisotopic (exact) mass is 218 g/mol. The Morgan fingerprint density at radius 3 is 2.13 bits per heavy atom. The van der Waals surface area contributed by atoms with E-state index in [1.54, 1.807) is 31.4 Å². The van der Waals surface area contributed by atoms with Gasteiger partial charge >= 0.3 is 29.6 Å². The Morgan fingerprint density at radius 1 is 1.27 bits per heavy atom. The van der Waals surface area contributed by atoms with Crippen molar-refractivity contribution >= 4 is 5.97 Å². The van der Waals surface area contributed by atoms with Crippen LogP contribution < -0.4 is 44.1 Å². The number of carbonyl (C=O) groups is 1. The number of carboxylic acid groups (broad SMARTS) is 1. The Labute approximate surface area is 110 Å². The third-order valence-electron chi connectivity index (χ3n) is 1.70. The minimum absolute atomic E-state index is 0. The first-order chi connectivity index (χ1) is 6.63. The second-order valence-corrected chi connectivity index (χ2v) is 2.75. The van der Waals surface area contributed by atoms with Crippen molar-refractivity contribution in [1.29, 1.82) is 0 Å². The maximum absolute atomic E-state index is 10.4. The molecule has 1 atom stereocenters. The van der Waals surface area contributed by atoms with E-state index in [1.165, 1.54) is 6.92 Å².